The Morgan fingerprint density at radius 3 is 2.56 bits per heavy atom. The average Bonchev–Trinajstić information content (AvgIpc) is 2.89. The number of esters is 1. The van der Waals surface area contributed by atoms with Crippen molar-refractivity contribution in [1.82, 2.24) is 9.47 Å². The summed E-state index contributed by atoms with van der Waals surface area (Å²) in [5.74, 6) is 0.344. The molecular weight excluding hydrogens is 501 g/mol. The van der Waals surface area contributed by atoms with E-state index in [1.807, 2.05) is 36.4 Å². The molecule has 0 N–H and O–H groups in total. The molecule has 0 aliphatic carbocycles. The minimum Gasteiger partial charge on any atom is -0.494 e. The predicted molar refractivity (Wildman–Crippen MR) is 144 cm³/mol. The summed E-state index contributed by atoms with van der Waals surface area (Å²) in [5, 5.41) is 2.09. The van der Waals surface area contributed by atoms with Crippen LogP contribution in [0.25, 0.3) is 10.9 Å². The third-order valence-corrected chi connectivity index (χ3v) is 7.20. The Balaban J connectivity index is 1.23. The quantitative estimate of drug-likeness (QED) is 0.264. The minimum absolute atomic E-state index is 0.108. The number of nitrogens with zero attached hydrogens (tertiary/aromatic N) is 3. The van der Waals surface area contributed by atoms with Gasteiger partial charge in [-0.05, 0) is 55.1 Å². The molecule has 192 valence electrons. The third kappa shape index (κ3) is 6.52. The standard InChI is InChI=1S/C27H31Cl2N3O4/c1-2-26(34)36-19-32-24-18-21(10-8-20(24)9-11-25(32)33)35-17-4-3-12-30-13-15-31(16-14-30)23-7-5-6-22(28)27(23)29/h5-11,18H,2-4,12-17,19H2,1H3. The number of benzene rings is 2. The molecule has 0 atom stereocenters. The van der Waals surface area contributed by atoms with E-state index in [9.17, 15) is 9.59 Å². The largest absolute Gasteiger partial charge is 0.494 e. The van der Waals surface area contributed by atoms with Crippen LogP contribution >= 0.6 is 23.2 Å². The average molecular weight is 532 g/mol. The maximum absolute atomic E-state index is 12.3. The molecular formula is C27H31Cl2N3O4. The number of carbonyl (C=O) groups is 1. The first-order chi connectivity index (χ1) is 17.5. The van der Waals surface area contributed by atoms with Crippen molar-refractivity contribution in [2.24, 2.45) is 0 Å². The van der Waals surface area contributed by atoms with E-state index >= 15 is 0 Å². The first-order valence-corrected chi connectivity index (χ1v) is 13.0. The molecule has 0 bridgehead atoms. The van der Waals surface area contributed by atoms with Gasteiger partial charge in [0.05, 0.1) is 27.9 Å². The molecule has 9 heteroatoms. The summed E-state index contributed by atoms with van der Waals surface area (Å²) in [6, 6.07) is 14.6. The molecule has 1 saturated heterocycles. The number of hydrogen-bond donors (Lipinski definition) is 0. The summed E-state index contributed by atoms with van der Waals surface area (Å²) in [6.45, 7) is 7.02. The van der Waals surface area contributed by atoms with Crippen molar-refractivity contribution < 1.29 is 14.3 Å². The van der Waals surface area contributed by atoms with E-state index in [1.54, 1.807) is 13.0 Å². The summed E-state index contributed by atoms with van der Waals surface area (Å²) in [6.07, 6.45) is 2.22. The van der Waals surface area contributed by atoms with Gasteiger partial charge < -0.3 is 14.4 Å². The normalized spacial score (nSPS) is 14.2. The fraction of sp³-hybridized carbons (Fsp3) is 0.407. The highest BCUT2D eigenvalue weighted by molar-refractivity contribution is 6.43. The molecule has 1 aliphatic heterocycles. The number of halogens is 2. The number of aromatic nitrogens is 1. The number of fused-ring (bicyclic) bond motifs is 1. The monoisotopic (exact) mass is 531 g/mol. The molecule has 0 spiro atoms. The summed E-state index contributed by atoms with van der Waals surface area (Å²) in [4.78, 5) is 28.6. The second kappa shape index (κ2) is 12.5. The summed E-state index contributed by atoms with van der Waals surface area (Å²) < 4.78 is 12.6. The molecule has 2 heterocycles. The van der Waals surface area contributed by atoms with Crippen molar-refractivity contribution in [3.63, 3.8) is 0 Å². The Bertz CT molecular complexity index is 1260. The number of rotatable bonds is 10. The van der Waals surface area contributed by atoms with Crippen LogP contribution in [0.3, 0.4) is 0 Å². The van der Waals surface area contributed by atoms with Crippen LogP contribution in [0.2, 0.25) is 10.0 Å². The molecule has 2 aromatic carbocycles. The van der Waals surface area contributed by atoms with Crippen molar-refractivity contribution in [3.8, 4) is 5.75 Å². The van der Waals surface area contributed by atoms with Gasteiger partial charge in [0, 0.05) is 44.7 Å². The molecule has 0 saturated carbocycles. The smallest absolute Gasteiger partial charge is 0.307 e. The number of unbranched alkanes of at least 4 members (excludes halogenated alkanes) is 1. The second-order valence-corrected chi connectivity index (χ2v) is 9.56. The van der Waals surface area contributed by atoms with Crippen molar-refractivity contribution in [1.29, 1.82) is 0 Å². The number of anilines is 1. The molecule has 3 aromatic rings. The van der Waals surface area contributed by atoms with Gasteiger partial charge in [0.2, 0.25) is 0 Å². The van der Waals surface area contributed by atoms with Crippen LogP contribution in [0.4, 0.5) is 5.69 Å². The van der Waals surface area contributed by atoms with E-state index in [2.05, 4.69) is 9.80 Å². The van der Waals surface area contributed by atoms with Crippen LogP contribution in [0, 0.1) is 0 Å². The van der Waals surface area contributed by atoms with Crippen molar-refractivity contribution in [2.45, 2.75) is 32.9 Å². The number of piperazine rings is 1. The topological polar surface area (TPSA) is 64.0 Å². The lowest BCUT2D eigenvalue weighted by Crippen LogP contribution is -2.46. The van der Waals surface area contributed by atoms with Crippen LogP contribution in [-0.4, -0.2) is 54.8 Å². The zero-order chi connectivity index (χ0) is 25.5. The molecule has 7 nitrogen and oxygen atoms in total. The van der Waals surface area contributed by atoms with Gasteiger partial charge in [-0.25, -0.2) is 0 Å². The van der Waals surface area contributed by atoms with E-state index in [1.165, 1.54) is 10.6 Å². The molecule has 1 aromatic heterocycles. The summed E-state index contributed by atoms with van der Waals surface area (Å²) in [7, 11) is 0. The lowest BCUT2D eigenvalue weighted by Gasteiger charge is -2.36. The van der Waals surface area contributed by atoms with Crippen LogP contribution in [-0.2, 0) is 16.3 Å². The minimum atomic E-state index is -0.346. The van der Waals surface area contributed by atoms with Crippen LogP contribution in [0.5, 0.6) is 5.75 Å². The van der Waals surface area contributed by atoms with Crippen LogP contribution < -0.4 is 15.2 Å². The molecule has 0 radical (unpaired) electrons. The maximum atomic E-state index is 12.3. The zero-order valence-corrected chi connectivity index (χ0v) is 21.9. The van der Waals surface area contributed by atoms with Crippen LogP contribution in [0.15, 0.2) is 53.3 Å². The third-order valence-electron chi connectivity index (χ3n) is 6.39. The highest BCUT2D eigenvalue weighted by Gasteiger charge is 2.19. The number of pyridine rings is 1. The van der Waals surface area contributed by atoms with Gasteiger partial charge >= 0.3 is 5.97 Å². The Morgan fingerprint density at radius 2 is 1.78 bits per heavy atom. The van der Waals surface area contributed by atoms with Crippen molar-refractivity contribution >= 4 is 45.8 Å². The highest BCUT2D eigenvalue weighted by Crippen LogP contribution is 2.32. The number of hydrogen-bond acceptors (Lipinski definition) is 6. The Morgan fingerprint density at radius 1 is 1.00 bits per heavy atom. The van der Waals surface area contributed by atoms with E-state index in [-0.39, 0.29) is 24.7 Å². The van der Waals surface area contributed by atoms with Gasteiger partial charge in [-0.3, -0.25) is 19.1 Å². The SMILES string of the molecule is CCC(=O)OCn1c(=O)ccc2ccc(OCCCCN3CCN(c4cccc(Cl)c4Cl)CC3)cc21. The fourth-order valence-electron chi connectivity index (χ4n) is 4.31. The first-order valence-electron chi connectivity index (χ1n) is 12.3. The van der Waals surface area contributed by atoms with Gasteiger partial charge in [0.15, 0.2) is 6.73 Å². The zero-order valence-electron chi connectivity index (χ0n) is 20.4. The maximum Gasteiger partial charge on any atom is 0.307 e. The Hall–Kier alpha value is -2.74. The van der Waals surface area contributed by atoms with Crippen LogP contribution in [0.1, 0.15) is 26.2 Å². The predicted octanol–water partition coefficient (Wildman–Crippen LogP) is 5.20. The first kappa shape index (κ1) is 26.3. The Kier molecular flexibility index (Phi) is 9.13. The van der Waals surface area contributed by atoms with E-state index < -0.39 is 0 Å². The van der Waals surface area contributed by atoms with E-state index in [4.69, 9.17) is 32.7 Å². The number of ether oxygens (including phenoxy) is 2. The van der Waals surface area contributed by atoms with Crippen molar-refractivity contribution in [2.75, 3.05) is 44.2 Å². The number of carbonyl (C=O) groups excluding carboxylic acids is 1. The molecule has 1 aliphatic rings. The molecule has 0 unspecified atom stereocenters. The van der Waals surface area contributed by atoms with E-state index in [0.29, 0.717) is 27.9 Å². The lowest BCUT2D eigenvalue weighted by atomic mass is 10.2. The van der Waals surface area contributed by atoms with Crippen molar-refractivity contribution in [3.05, 3.63) is 68.9 Å². The van der Waals surface area contributed by atoms with Gasteiger partial charge in [0.1, 0.15) is 5.75 Å². The molecule has 36 heavy (non-hydrogen) atoms. The van der Waals surface area contributed by atoms with E-state index in [0.717, 1.165) is 56.6 Å². The molecule has 0 amide bonds. The second-order valence-electron chi connectivity index (χ2n) is 8.78. The summed E-state index contributed by atoms with van der Waals surface area (Å²) >= 11 is 12.5. The van der Waals surface area contributed by atoms with Gasteiger partial charge in [-0.15, -0.1) is 0 Å². The fourth-order valence-corrected chi connectivity index (χ4v) is 4.72. The molecule has 1 fully saturated rings. The Labute approximate surface area is 221 Å². The van der Waals surface area contributed by atoms with Gasteiger partial charge in [-0.1, -0.05) is 36.2 Å². The lowest BCUT2D eigenvalue weighted by molar-refractivity contribution is -0.147. The van der Waals surface area contributed by atoms with Gasteiger partial charge in [0.25, 0.3) is 5.56 Å². The highest BCUT2D eigenvalue weighted by atomic mass is 35.5. The molecule has 4 rings (SSSR count). The summed E-state index contributed by atoms with van der Waals surface area (Å²) in [5.41, 5.74) is 1.46. The van der Waals surface area contributed by atoms with Gasteiger partial charge in [-0.2, -0.15) is 0 Å².